The number of carbonyl (C=O) groups excluding carboxylic acids is 1. The lowest BCUT2D eigenvalue weighted by atomic mass is 10.1. The van der Waals surface area contributed by atoms with E-state index in [1.165, 1.54) is 5.31 Å². The van der Waals surface area contributed by atoms with Crippen LogP contribution in [0.1, 0.15) is 25.7 Å². The van der Waals surface area contributed by atoms with Gasteiger partial charge in [0.05, 0.1) is 6.04 Å². The molecule has 0 unspecified atom stereocenters. The molecule has 5 N–H and O–H groups in total. The second kappa shape index (κ2) is 6.44. The maximum Gasteiger partial charge on any atom is 0.326 e. The third-order valence-corrected chi connectivity index (χ3v) is 2.60. The summed E-state index contributed by atoms with van der Waals surface area (Å²) in [5.41, 5.74) is 5.31. The predicted molar refractivity (Wildman–Crippen MR) is 58.9 cm³/mol. The van der Waals surface area contributed by atoms with E-state index in [1.807, 2.05) is 0 Å². The lowest BCUT2D eigenvalue weighted by Gasteiger charge is -2.17. The van der Waals surface area contributed by atoms with Gasteiger partial charge in [-0.3, -0.25) is 4.79 Å². The van der Waals surface area contributed by atoms with Gasteiger partial charge in [-0.05, 0) is 38.8 Å². The highest BCUT2D eigenvalue weighted by Gasteiger charge is 2.26. The van der Waals surface area contributed by atoms with Crippen LogP contribution in [0.25, 0.3) is 0 Å². The Morgan fingerprint density at radius 3 is 2.94 bits per heavy atom. The van der Waals surface area contributed by atoms with Gasteiger partial charge in [-0.15, -0.1) is 0 Å². The fourth-order valence-electron chi connectivity index (χ4n) is 1.68. The molecule has 92 valence electrons. The molecule has 1 rings (SSSR count). The average Bonchev–Trinajstić information content (AvgIpc) is 2.70. The van der Waals surface area contributed by atoms with Crippen molar-refractivity contribution in [1.29, 1.82) is 0 Å². The Balaban J connectivity index is 2.48. The van der Waals surface area contributed by atoms with Crippen molar-refractivity contribution in [3.8, 4) is 0 Å². The van der Waals surface area contributed by atoms with Crippen molar-refractivity contribution < 1.29 is 16.1 Å². The van der Waals surface area contributed by atoms with Crippen LogP contribution in [0.3, 0.4) is 0 Å². The van der Waals surface area contributed by atoms with Crippen LogP contribution in [0.15, 0.2) is 0 Å². The van der Waals surface area contributed by atoms with E-state index in [4.69, 9.17) is 12.3 Å². The van der Waals surface area contributed by atoms with Crippen molar-refractivity contribution in [3.63, 3.8) is 0 Å². The molecular weight excluding hydrogens is 210 g/mol. The summed E-state index contributed by atoms with van der Waals surface area (Å²) in [5, 5.41) is 12.6. The van der Waals surface area contributed by atoms with Crippen molar-refractivity contribution in [1.82, 2.24) is 10.6 Å². The monoisotopic (exact) mass is 230 g/mol. The molecular formula is C10H19N3O3. The van der Waals surface area contributed by atoms with E-state index in [0.717, 1.165) is 6.42 Å². The van der Waals surface area contributed by atoms with Gasteiger partial charge < -0.3 is 21.5 Å². The first kappa shape index (κ1) is 11.3. The highest BCUT2D eigenvalue weighted by atomic mass is 16.4. The molecule has 1 aliphatic heterocycles. The summed E-state index contributed by atoms with van der Waals surface area (Å²) >= 11 is 0. The molecule has 6 heteroatoms. The smallest absolute Gasteiger partial charge is 0.326 e. The SMILES string of the molecule is [2H]N1CCC[C@H]1C(=O)N[C@@H](CCCN)C(=O)O. The van der Waals surface area contributed by atoms with Gasteiger partial charge >= 0.3 is 5.97 Å². The van der Waals surface area contributed by atoms with Gasteiger partial charge in [-0.1, -0.05) is 0 Å². The first-order valence-corrected chi connectivity index (χ1v) is 5.55. The van der Waals surface area contributed by atoms with Crippen LogP contribution >= 0.6 is 0 Å². The minimum atomic E-state index is -1.05. The highest BCUT2D eigenvalue weighted by Crippen LogP contribution is 2.06. The van der Waals surface area contributed by atoms with Gasteiger partial charge in [0.25, 0.3) is 0 Å². The maximum absolute atomic E-state index is 11.8. The predicted octanol–water partition coefficient (Wildman–Crippen LogP) is -0.953. The molecule has 0 aromatic heterocycles. The number of carbonyl (C=O) groups is 2. The zero-order chi connectivity index (χ0) is 12.8. The maximum atomic E-state index is 11.8. The summed E-state index contributed by atoms with van der Waals surface area (Å²) in [4.78, 5) is 22.7. The van der Waals surface area contributed by atoms with Gasteiger partial charge in [0, 0.05) is 0 Å². The molecule has 2 atom stereocenters. The van der Waals surface area contributed by atoms with E-state index in [9.17, 15) is 9.59 Å². The van der Waals surface area contributed by atoms with Crippen molar-refractivity contribution in [3.05, 3.63) is 0 Å². The summed E-state index contributed by atoms with van der Waals surface area (Å²) in [7, 11) is 0. The summed E-state index contributed by atoms with van der Waals surface area (Å²) in [6, 6.07) is -1.42. The number of rotatable bonds is 6. The summed E-state index contributed by atoms with van der Waals surface area (Å²) < 4.78 is 7.51. The molecule has 6 nitrogen and oxygen atoms in total. The number of hydrogen-bond acceptors (Lipinski definition) is 4. The topological polar surface area (TPSA) is 104 Å². The number of nitrogens with two attached hydrogens (primary N) is 1. The Bertz CT molecular complexity index is 288. The van der Waals surface area contributed by atoms with Crippen LogP contribution < -0.4 is 16.4 Å². The van der Waals surface area contributed by atoms with Gasteiger partial charge in [-0.2, -0.15) is 0 Å². The first-order valence-electron chi connectivity index (χ1n) is 5.99. The molecule has 0 aromatic rings. The third-order valence-electron chi connectivity index (χ3n) is 2.60. The second-order valence-electron chi connectivity index (χ2n) is 3.89. The lowest BCUT2D eigenvalue weighted by Crippen LogP contribution is -2.48. The number of nitrogens with one attached hydrogen (secondary N) is 2. The Kier molecular flexibility index (Phi) is 4.57. The number of carboxylic acids is 1. The van der Waals surface area contributed by atoms with E-state index >= 15 is 0 Å². The van der Waals surface area contributed by atoms with E-state index in [2.05, 4.69) is 5.32 Å². The van der Waals surface area contributed by atoms with Crippen LogP contribution in [0, 0.1) is 0 Å². The van der Waals surface area contributed by atoms with Gasteiger partial charge in [0.1, 0.15) is 7.45 Å². The molecule has 0 aromatic carbocycles. The lowest BCUT2D eigenvalue weighted by molar-refractivity contribution is -0.142. The molecule has 1 amide bonds. The van der Waals surface area contributed by atoms with E-state index in [1.54, 1.807) is 0 Å². The molecule has 1 heterocycles. The van der Waals surface area contributed by atoms with E-state index in [0.29, 0.717) is 32.4 Å². The first-order chi connectivity index (χ1) is 8.06. The highest BCUT2D eigenvalue weighted by molar-refractivity contribution is 5.87. The zero-order valence-electron chi connectivity index (χ0n) is 10.2. The second-order valence-corrected chi connectivity index (χ2v) is 3.89. The van der Waals surface area contributed by atoms with Crippen molar-refractivity contribution in [2.75, 3.05) is 13.1 Å². The number of hydrogen-bond donors (Lipinski definition) is 4. The van der Waals surface area contributed by atoms with Gasteiger partial charge in [-0.25, -0.2) is 4.79 Å². The molecule has 1 saturated heterocycles. The summed E-state index contributed by atoms with van der Waals surface area (Å²) in [6.07, 6.45) is 2.27. The normalized spacial score (nSPS) is 23.8. The number of carboxylic acid groups (broad SMARTS) is 1. The molecule has 16 heavy (non-hydrogen) atoms. The molecule has 1 aliphatic rings. The zero-order valence-corrected chi connectivity index (χ0v) is 9.19. The average molecular weight is 230 g/mol. The third kappa shape index (κ3) is 3.79. The Labute approximate surface area is 96.0 Å². The Hall–Kier alpha value is -1.14. The van der Waals surface area contributed by atoms with Crippen LogP contribution in [0.5, 0.6) is 0 Å². The van der Waals surface area contributed by atoms with E-state index < -0.39 is 18.1 Å². The van der Waals surface area contributed by atoms with Crippen molar-refractivity contribution in [2.45, 2.75) is 37.8 Å². The van der Waals surface area contributed by atoms with Crippen molar-refractivity contribution in [2.24, 2.45) is 5.73 Å². The van der Waals surface area contributed by atoms with Crippen LogP contribution in [0.2, 0.25) is 1.41 Å². The standard InChI is InChI=1S/C10H19N3O3/c11-5-1-3-8(10(15)16)13-9(14)7-4-2-6-12-7/h7-8,12H,1-6,11H2,(H,13,14)(H,15,16)/t7-,8-/m0/s1/i/hD. The minimum absolute atomic E-state index is 0.322. The van der Waals surface area contributed by atoms with Crippen LogP contribution in [-0.2, 0) is 9.59 Å². The molecule has 0 bridgehead atoms. The fraction of sp³-hybridized carbons (Fsp3) is 0.800. The molecule has 0 spiro atoms. The summed E-state index contributed by atoms with van der Waals surface area (Å²) in [5.74, 6) is -1.43. The quantitative estimate of drug-likeness (QED) is 0.471. The van der Waals surface area contributed by atoms with Gasteiger partial charge in [0.15, 0.2) is 0 Å². The molecule has 0 aliphatic carbocycles. The number of amides is 1. The summed E-state index contributed by atoms with van der Waals surface area (Å²) in [6.45, 7) is 0.951. The minimum Gasteiger partial charge on any atom is -0.480 e. The number of aliphatic carboxylic acids is 1. The molecule has 0 saturated carbocycles. The van der Waals surface area contributed by atoms with Gasteiger partial charge in [0.2, 0.25) is 5.91 Å². The van der Waals surface area contributed by atoms with E-state index in [-0.39, 0.29) is 5.91 Å². The van der Waals surface area contributed by atoms with Crippen LogP contribution in [0.4, 0.5) is 0 Å². The Morgan fingerprint density at radius 1 is 1.69 bits per heavy atom. The molecule has 0 radical (unpaired) electrons. The largest absolute Gasteiger partial charge is 0.480 e. The molecule has 1 fully saturated rings. The Morgan fingerprint density at radius 2 is 2.44 bits per heavy atom. The van der Waals surface area contributed by atoms with Crippen molar-refractivity contribution >= 4 is 11.9 Å². The fourth-order valence-corrected chi connectivity index (χ4v) is 1.68. The van der Waals surface area contributed by atoms with Crippen LogP contribution in [-0.4, -0.2) is 42.2 Å².